The Morgan fingerprint density at radius 1 is 1.04 bits per heavy atom. The zero-order valence-electron chi connectivity index (χ0n) is 12.8. The number of anilines is 3. The quantitative estimate of drug-likeness (QED) is 0.707. The number of hydrogen-bond donors (Lipinski definition) is 2. The van der Waals surface area contributed by atoms with Crippen LogP contribution in [0.25, 0.3) is 0 Å². The first kappa shape index (κ1) is 16.9. The van der Waals surface area contributed by atoms with E-state index >= 15 is 0 Å². The molecule has 3 rings (SSSR count). The second kappa shape index (κ2) is 7.31. The average molecular weight is 363 g/mol. The van der Waals surface area contributed by atoms with Crippen LogP contribution in [0.5, 0.6) is 5.75 Å². The molecule has 1 heterocycles. The number of rotatable bonds is 5. The van der Waals surface area contributed by atoms with Gasteiger partial charge in [0.1, 0.15) is 42.0 Å². The molecule has 8 heteroatoms. The Morgan fingerprint density at radius 2 is 1.80 bits per heavy atom. The lowest BCUT2D eigenvalue weighted by Gasteiger charge is -2.11. The molecule has 0 saturated carbocycles. The van der Waals surface area contributed by atoms with Gasteiger partial charge in [-0.25, -0.2) is 18.7 Å². The lowest BCUT2D eigenvalue weighted by atomic mass is 10.2. The first-order valence-corrected chi connectivity index (χ1v) is 7.59. The van der Waals surface area contributed by atoms with E-state index < -0.39 is 11.6 Å². The standard InChI is InChI=1S/C17H13ClF2N4O/c18-14-6-13(24-17-7-16(21)22-9-23-17)1-2-15(14)25-8-10-3-11(19)5-12(20)4-10/h1-7,9H,8H2,(H3,21,22,23,24). The van der Waals surface area contributed by atoms with E-state index in [2.05, 4.69) is 15.3 Å². The fourth-order valence-electron chi connectivity index (χ4n) is 2.14. The van der Waals surface area contributed by atoms with Crippen LogP contribution in [-0.2, 0) is 6.61 Å². The zero-order chi connectivity index (χ0) is 17.8. The first-order valence-electron chi connectivity index (χ1n) is 7.21. The number of nitrogens with two attached hydrogens (primary N) is 1. The summed E-state index contributed by atoms with van der Waals surface area (Å²) in [5.41, 5.74) is 6.63. The second-order valence-electron chi connectivity index (χ2n) is 5.16. The van der Waals surface area contributed by atoms with E-state index in [1.54, 1.807) is 24.3 Å². The van der Waals surface area contributed by atoms with Crippen LogP contribution in [0.15, 0.2) is 48.8 Å². The summed E-state index contributed by atoms with van der Waals surface area (Å²) in [4.78, 5) is 7.84. The maximum atomic E-state index is 13.2. The predicted molar refractivity (Wildman–Crippen MR) is 91.9 cm³/mol. The van der Waals surface area contributed by atoms with E-state index in [1.807, 2.05) is 0 Å². The molecule has 0 atom stereocenters. The van der Waals surface area contributed by atoms with Crippen LogP contribution in [0, 0.1) is 11.6 Å². The van der Waals surface area contributed by atoms with Gasteiger partial charge < -0.3 is 15.8 Å². The molecule has 0 aliphatic heterocycles. The SMILES string of the molecule is Nc1cc(Nc2ccc(OCc3cc(F)cc(F)c3)c(Cl)c2)ncn1. The van der Waals surface area contributed by atoms with Crippen molar-refractivity contribution < 1.29 is 13.5 Å². The van der Waals surface area contributed by atoms with Gasteiger partial charge in [0.2, 0.25) is 0 Å². The highest BCUT2D eigenvalue weighted by Gasteiger charge is 2.07. The molecular weight excluding hydrogens is 350 g/mol. The number of halogens is 3. The Bertz CT molecular complexity index is 887. The van der Waals surface area contributed by atoms with E-state index in [1.165, 1.54) is 18.5 Å². The fourth-order valence-corrected chi connectivity index (χ4v) is 2.37. The number of benzene rings is 2. The van der Waals surface area contributed by atoms with Gasteiger partial charge in [-0.2, -0.15) is 0 Å². The van der Waals surface area contributed by atoms with E-state index in [9.17, 15) is 8.78 Å². The Hall–Kier alpha value is -2.93. The Kier molecular flexibility index (Phi) is 4.95. The highest BCUT2D eigenvalue weighted by molar-refractivity contribution is 6.32. The summed E-state index contributed by atoms with van der Waals surface area (Å²) in [7, 11) is 0. The van der Waals surface area contributed by atoms with E-state index in [0.717, 1.165) is 6.07 Å². The minimum absolute atomic E-state index is 0.0103. The summed E-state index contributed by atoms with van der Waals surface area (Å²) in [5, 5.41) is 3.37. The molecule has 0 aliphatic carbocycles. The number of nitrogens with one attached hydrogen (secondary N) is 1. The molecule has 0 fully saturated rings. The van der Waals surface area contributed by atoms with Gasteiger partial charge in [0.05, 0.1) is 5.02 Å². The van der Waals surface area contributed by atoms with Crippen molar-refractivity contribution in [3.05, 3.63) is 71.0 Å². The molecule has 0 radical (unpaired) electrons. The smallest absolute Gasteiger partial charge is 0.138 e. The van der Waals surface area contributed by atoms with Crippen molar-refractivity contribution in [3.63, 3.8) is 0 Å². The van der Waals surface area contributed by atoms with Gasteiger partial charge in [-0.15, -0.1) is 0 Å². The van der Waals surface area contributed by atoms with Crippen LogP contribution < -0.4 is 15.8 Å². The lowest BCUT2D eigenvalue weighted by molar-refractivity contribution is 0.305. The molecule has 0 saturated heterocycles. The Balaban J connectivity index is 1.69. The first-order chi connectivity index (χ1) is 12.0. The van der Waals surface area contributed by atoms with Crippen molar-refractivity contribution in [1.29, 1.82) is 0 Å². The zero-order valence-corrected chi connectivity index (χ0v) is 13.6. The summed E-state index contributed by atoms with van der Waals surface area (Å²) in [6.45, 7) is -0.0103. The van der Waals surface area contributed by atoms with Crippen LogP contribution in [-0.4, -0.2) is 9.97 Å². The highest BCUT2D eigenvalue weighted by Crippen LogP contribution is 2.29. The molecule has 0 bridgehead atoms. The fraction of sp³-hybridized carbons (Fsp3) is 0.0588. The monoisotopic (exact) mass is 362 g/mol. The van der Waals surface area contributed by atoms with Crippen LogP contribution in [0.3, 0.4) is 0 Å². The van der Waals surface area contributed by atoms with Gasteiger partial charge >= 0.3 is 0 Å². The number of ether oxygens (including phenoxy) is 1. The largest absolute Gasteiger partial charge is 0.487 e. The van der Waals surface area contributed by atoms with Crippen molar-refractivity contribution in [1.82, 2.24) is 9.97 Å². The molecule has 0 aliphatic rings. The molecule has 3 aromatic rings. The van der Waals surface area contributed by atoms with E-state index in [-0.39, 0.29) is 6.61 Å². The van der Waals surface area contributed by atoms with Crippen LogP contribution >= 0.6 is 11.6 Å². The normalized spacial score (nSPS) is 10.5. The van der Waals surface area contributed by atoms with Crippen molar-refractivity contribution >= 4 is 28.9 Å². The third kappa shape index (κ3) is 4.54. The molecule has 128 valence electrons. The minimum Gasteiger partial charge on any atom is -0.487 e. The summed E-state index contributed by atoms with van der Waals surface area (Å²) in [6.07, 6.45) is 1.34. The van der Waals surface area contributed by atoms with Gasteiger partial charge in [-0.3, -0.25) is 0 Å². The summed E-state index contributed by atoms with van der Waals surface area (Å²) in [5.74, 6) is -0.0702. The molecular formula is C17H13ClF2N4O. The molecule has 0 amide bonds. The second-order valence-corrected chi connectivity index (χ2v) is 5.57. The van der Waals surface area contributed by atoms with Crippen molar-refractivity contribution in [2.24, 2.45) is 0 Å². The number of hydrogen-bond acceptors (Lipinski definition) is 5. The maximum absolute atomic E-state index is 13.2. The number of nitrogen functional groups attached to an aromatic ring is 1. The van der Waals surface area contributed by atoms with Crippen molar-refractivity contribution in [2.75, 3.05) is 11.1 Å². The molecule has 25 heavy (non-hydrogen) atoms. The van der Waals surface area contributed by atoms with Crippen molar-refractivity contribution in [3.8, 4) is 5.75 Å². The number of nitrogens with zero attached hydrogens (tertiary/aromatic N) is 2. The molecule has 0 unspecified atom stereocenters. The third-order valence-corrected chi connectivity index (χ3v) is 3.50. The van der Waals surface area contributed by atoms with Crippen LogP contribution in [0.4, 0.5) is 26.1 Å². The Labute approximate surface area is 147 Å². The highest BCUT2D eigenvalue weighted by atomic mass is 35.5. The lowest BCUT2D eigenvalue weighted by Crippen LogP contribution is -1.99. The van der Waals surface area contributed by atoms with Gasteiger partial charge in [-0.1, -0.05) is 11.6 Å². The van der Waals surface area contributed by atoms with E-state index in [4.69, 9.17) is 22.1 Å². The van der Waals surface area contributed by atoms with Gasteiger partial charge in [0, 0.05) is 17.8 Å². The van der Waals surface area contributed by atoms with Crippen LogP contribution in [0.1, 0.15) is 5.56 Å². The molecule has 0 spiro atoms. The van der Waals surface area contributed by atoms with Crippen molar-refractivity contribution in [2.45, 2.75) is 6.61 Å². The molecule has 2 aromatic carbocycles. The summed E-state index contributed by atoms with van der Waals surface area (Å²) < 4.78 is 31.9. The summed E-state index contributed by atoms with van der Waals surface area (Å²) in [6, 6.07) is 9.80. The van der Waals surface area contributed by atoms with Gasteiger partial charge in [-0.05, 0) is 35.9 Å². The molecule has 5 nitrogen and oxygen atoms in total. The topological polar surface area (TPSA) is 73.1 Å². The average Bonchev–Trinajstić information content (AvgIpc) is 2.53. The summed E-state index contributed by atoms with van der Waals surface area (Å²) >= 11 is 6.19. The minimum atomic E-state index is -0.659. The van der Waals surface area contributed by atoms with Gasteiger partial charge in [0.15, 0.2) is 0 Å². The van der Waals surface area contributed by atoms with Crippen LogP contribution in [0.2, 0.25) is 5.02 Å². The Morgan fingerprint density at radius 3 is 2.48 bits per heavy atom. The maximum Gasteiger partial charge on any atom is 0.138 e. The number of aromatic nitrogens is 2. The van der Waals surface area contributed by atoms with Gasteiger partial charge in [0.25, 0.3) is 0 Å². The predicted octanol–water partition coefficient (Wildman–Crippen LogP) is 4.31. The molecule has 3 N–H and O–H groups in total. The third-order valence-electron chi connectivity index (χ3n) is 3.21. The van der Waals surface area contributed by atoms with E-state index in [0.29, 0.717) is 33.7 Å². The molecule has 1 aromatic heterocycles.